The third-order valence-electron chi connectivity index (χ3n) is 3.19. The van der Waals surface area contributed by atoms with Crippen LogP contribution in [0.25, 0.3) is 0 Å². The van der Waals surface area contributed by atoms with Gasteiger partial charge in [-0.3, -0.25) is 0 Å². The SMILES string of the molecule is COC(=O)c1cc(NC(C)c2cccc(Br)c2)ccc1N. The highest BCUT2D eigenvalue weighted by atomic mass is 79.9. The number of nitrogens with one attached hydrogen (secondary N) is 1. The Bertz CT molecular complexity index is 658. The molecule has 0 aromatic heterocycles. The van der Waals surface area contributed by atoms with Crippen LogP contribution in [0.15, 0.2) is 46.9 Å². The first-order valence-electron chi connectivity index (χ1n) is 6.51. The third kappa shape index (κ3) is 3.76. The number of anilines is 2. The van der Waals surface area contributed by atoms with E-state index in [9.17, 15) is 4.79 Å². The number of benzene rings is 2. The van der Waals surface area contributed by atoms with Crippen molar-refractivity contribution in [2.24, 2.45) is 0 Å². The summed E-state index contributed by atoms with van der Waals surface area (Å²) in [4.78, 5) is 11.7. The molecule has 0 spiro atoms. The Morgan fingerprint density at radius 1 is 1.29 bits per heavy atom. The number of rotatable bonds is 4. The van der Waals surface area contributed by atoms with Crippen molar-refractivity contribution in [3.05, 3.63) is 58.1 Å². The van der Waals surface area contributed by atoms with Crippen molar-refractivity contribution in [1.29, 1.82) is 0 Å². The lowest BCUT2D eigenvalue weighted by atomic mass is 10.1. The van der Waals surface area contributed by atoms with Crippen molar-refractivity contribution >= 4 is 33.3 Å². The summed E-state index contributed by atoms with van der Waals surface area (Å²) in [6.07, 6.45) is 0. The van der Waals surface area contributed by atoms with Crippen LogP contribution in [0.1, 0.15) is 28.9 Å². The molecule has 0 saturated carbocycles. The predicted molar refractivity (Wildman–Crippen MR) is 88.4 cm³/mol. The number of hydrogen-bond donors (Lipinski definition) is 2. The van der Waals surface area contributed by atoms with Crippen LogP contribution in [0, 0.1) is 0 Å². The number of nitrogens with two attached hydrogens (primary N) is 1. The smallest absolute Gasteiger partial charge is 0.340 e. The first-order chi connectivity index (χ1) is 10.0. The molecule has 3 N–H and O–H groups in total. The van der Waals surface area contributed by atoms with E-state index in [0.29, 0.717) is 11.3 Å². The van der Waals surface area contributed by atoms with Crippen LogP contribution in [0.4, 0.5) is 11.4 Å². The molecule has 2 aromatic rings. The summed E-state index contributed by atoms with van der Waals surface area (Å²) in [6, 6.07) is 13.4. The van der Waals surface area contributed by atoms with Gasteiger partial charge in [0.1, 0.15) is 0 Å². The van der Waals surface area contributed by atoms with Gasteiger partial charge < -0.3 is 15.8 Å². The molecule has 4 nitrogen and oxygen atoms in total. The van der Waals surface area contributed by atoms with E-state index in [4.69, 9.17) is 10.5 Å². The van der Waals surface area contributed by atoms with Crippen molar-refractivity contribution in [3.63, 3.8) is 0 Å². The summed E-state index contributed by atoms with van der Waals surface area (Å²) in [5, 5.41) is 3.35. The number of carbonyl (C=O) groups excluding carboxylic acids is 1. The van der Waals surface area contributed by atoms with E-state index in [1.165, 1.54) is 7.11 Å². The molecular formula is C16H17BrN2O2. The molecule has 0 radical (unpaired) electrons. The van der Waals surface area contributed by atoms with Gasteiger partial charge in [-0.25, -0.2) is 4.79 Å². The average molecular weight is 349 g/mol. The van der Waals surface area contributed by atoms with Crippen LogP contribution < -0.4 is 11.1 Å². The van der Waals surface area contributed by atoms with E-state index in [2.05, 4.69) is 34.2 Å². The van der Waals surface area contributed by atoms with Gasteiger partial charge in [-0.15, -0.1) is 0 Å². The molecule has 0 fully saturated rings. The molecule has 5 heteroatoms. The lowest BCUT2D eigenvalue weighted by molar-refractivity contribution is 0.0602. The van der Waals surface area contributed by atoms with Gasteiger partial charge in [-0.05, 0) is 42.8 Å². The Balaban J connectivity index is 2.21. The van der Waals surface area contributed by atoms with Crippen LogP contribution in [0.2, 0.25) is 0 Å². The molecule has 0 saturated heterocycles. The van der Waals surface area contributed by atoms with Crippen molar-refractivity contribution in [2.75, 3.05) is 18.2 Å². The summed E-state index contributed by atoms with van der Waals surface area (Å²) in [7, 11) is 1.34. The lowest BCUT2D eigenvalue weighted by Gasteiger charge is -2.17. The summed E-state index contributed by atoms with van der Waals surface area (Å²) < 4.78 is 5.75. The highest BCUT2D eigenvalue weighted by molar-refractivity contribution is 9.10. The van der Waals surface area contributed by atoms with Crippen LogP contribution in [-0.2, 0) is 4.74 Å². The van der Waals surface area contributed by atoms with Crippen molar-refractivity contribution < 1.29 is 9.53 Å². The van der Waals surface area contributed by atoms with Gasteiger partial charge in [-0.1, -0.05) is 28.1 Å². The Morgan fingerprint density at radius 2 is 2.05 bits per heavy atom. The van der Waals surface area contributed by atoms with E-state index >= 15 is 0 Å². The van der Waals surface area contributed by atoms with Crippen molar-refractivity contribution in [3.8, 4) is 0 Å². The number of esters is 1. The monoisotopic (exact) mass is 348 g/mol. The van der Waals surface area contributed by atoms with Crippen LogP contribution in [-0.4, -0.2) is 13.1 Å². The van der Waals surface area contributed by atoms with E-state index in [-0.39, 0.29) is 6.04 Å². The van der Waals surface area contributed by atoms with Gasteiger partial charge in [0.25, 0.3) is 0 Å². The van der Waals surface area contributed by atoms with Gasteiger partial charge in [-0.2, -0.15) is 0 Å². The van der Waals surface area contributed by atoms with Crippen LogP contribution in [0.3, 0.4) is 0 Å². The van der Waals surface area contributed by atoms with Gasteiger partial charge in [0, 0.05) is 21.9 Å². The number of carbonyl (C=O) groups is 1. The molecule has 0 bridgehead atoms. The summed E-state index contributed by atoms with van der Waals surface area (Å²) >= 11 is 3.46. The summed E-state index contributed by atoms with van der Waals surface area (Å²) in [6.45, 7) is 2.05. The van der Waals surface area contributed by atoms with Gasteiger partial charge in [0.2, 0.25) is 0 Å². The minimum Gasteiger partial charge on any atom is -0.465 e. The quantitative estimate of drug-likeness (QED) is 0.647. The first kappa shape index (κ1) is 15.4. The van der Waals surface area contributed by atoms with E-state index in [1.807, 2.05) is 24.3 Å². The fraction of sp³-hybridized carbons (Fsp3) is 0.188. The second-order valence-electron chi connectivity index (χ2n) is 4.71. The Labute approximate surface area is 132 Å². The average Bonchev–Trinajstić information content (AvgIpc) is 2.48. The molecule has 0 aliphatic heterocycles. The third-order valence-corrected chi connectivity index (χ3v) is 3.68. The van der Waals surface area contributed by atoms with E-state index in [0.717, 1.165) is 15.7 Å². The summed E-state index contributed by atoms with van der Waals surface area (Å²) in [5.74, 6) is -0.439. The number of methoxy groups -OCH3 is 1. The molecule has 2 aromatic carbocycles. The highest BCUT2D eigenvalue weighted by Gasteiger charge is 2.12. The Hall–Kier alpha value is -2.01. The number of hydrogen-bond acceptors (Lipinski definition) is 4. The highest BCUT2D eigenvalue weighted by Crippen LogP contribution is 2.24. The summed E-state index contributed by atoms with van der Waals surface area (Å²) in [5.41, 5.74) is 8.52. The number of halogens is 1. The molecule has 0 aliphatic rings. The first-order valence-corrected chi connectivity index (χ1v) is 7.30. The molecule has 1 unspecified atom stereocenters. The maximum atomic E-state index is 11.7. The molecule has 21 heavy (non-hydrogen) atoms. The molecular weight excluding hydrogens is 332 g/mol. The molecule has 0 amide bonds. The number of nitrogen functional groups attached to an aromatic ring is 1. The zero-order valence-corrected chi connectivity index (χ0v) is 13.5. The minimum atomic E-state index is -0.439. The molecule has 0 aliphatic carbocycles. The molecule has 2 rings (SSSR count). The Morgan fingerprint density at radius 3 is 2.71 bits per heavy atom. The fourth-order valence-electron chi connectivity index (χ4n) is 2.04. The zero-order chi connectivity index (χ0) is 15.4. The van der Waals surface area contributed by atoms with Gasteiger partial charge in [0.05, 0.1) is 12.7 Å². The van der Waals surface area contributed by atoms with Gasteiger partial charge >= 0.3 is 5.97 Å². The Kier molecular flexibility index (Phi) is 4.85. The minimum absolute atomic E-state index is 0.0941. The van der Waals surface area contributed by atoms with Crippen molar-refractivity contribution in [1.82, 2.24) is 0 Å². The predicted octanol–water partition coefficient (Wildman–Crippen LogP) is 3.99. The zero-order valence-electron chi connectivity index (χ0n) is 11.9. The topological polar surface area (TPSA) is 64.3 Å². The molecule has 0 heterocycles. The largest absolute Gasteiger partial charge is 0.465 e. The van der Waals surface area contributed by atoms with Crippen LogP contribution in [0.5, 0.6) is 0 Å². The normalized spacial score (nSPS) is 11.8. The van der Waals surface area contributed by atoms with E-state index in [1.54, 1.807) is 12.1 Å². The maximum absolute atomic E-state index is 11.7. The van der Waals surface area contributed by atoms with Crippen molar-refractivity contribution in [2.45, 2.75) is 13.0 Å². The maximum Gasteiger partial charge on any atom is 0.340 e. The number of ether oxygens (including phenoxy) is 1. The van der Waals surface area contributed by atoms with Crippen LogP contribution >= 0.6 is 15.9 Å². The lowest BCUT2D eigenvalue weighted by Crippen LogP contribution is -2.10. The van der Waals surface area contributed by atoms with Gasteiger partial charge in [0.15, 0.2) is 0 Å². The molecule has 1 atom stereocenters. The fourth-order valence-corrected chi connectivity index (χ4v) is 2.46. The second kappa shape index (κ2) is 6.63. The molecule has 110 valence electrons. The standard InChI is InChI=1S/C16H17BrN2O2/c1-10(11-4-3-5-12(17)8-11)19-13-6-7-15(18)14(9-13)16(20)21-2/h3-10,19H,18H2,1-2H3. The van der Waals surface area contributed by atoms with E-state index < -0.39 is 5.97 Å². The second-order valence-corrected chi connectivity index (χ2v) is 5.63.